The minimum Gasteiger partial charge on any atom is -0.385 e. The van der Waals surface area contributed by atoms with Gasteiger partial charge in [-0.1, -0.05) is 11.6 Å². The van der Waals surface area contributed by atoms with Crippen LogP contribution >= 0.6 is 11.6 Å². The number of halogens is 1. The molecule has 138 valence electrons. The lowest BCUT2D eigenvalue weighted by Gasteiger charge is -2.32. The maximum atomic E-state index is 6.09. The molecule has 1 aliphatic heterocycles. The van der Waals surface area contributed by atoms with Crippen LogP contribution in [0.3, 0.4) is 0 Å². The summed E-state index contributed by atoms with van der Waals surface area (Å²) in [5.41, 5.74) is 0.771. The maximum absolute atomic E-state index is 6.09. The number of anilines is 1. The van der Waals surface area contributed by atoms with Crippen molar-refractivity contribution in [3.05, 3.63) is 60.1 Å². The van der Waals surface area contributed by atoms with Crippen LogP contribution in [0.15, 0.2) is 55.1 Å². The molecular weight excluding hydrogens is 364 g/mol. The first-order chi connectivity index (χ1) is 13.3. The Kier molecular flexibility index (Phi) is 5.41. The van der Waals surface area contributed by atoms with E-state index in [1.54, 1.807) is 30.9 Å². The Labute approximate surface area is 162 Å². The van der Waals surface area contributed by atoms with Crippen molar-refractivity contribution < 1.29 is 4.84 Å². The quantitative estimate of drug-likeness (QED) is 0.724. The maximum Gasteiger partial charge on any atom is 0.249 e. The number of rotatable bonds is 5. The first-order valence-corrected chi connectivity index (χ1v) is 9.19. The van der Waals surface area contributed by atoms with Crippen molar-refractivity contribution in [3.63, 3.8) is 0 Å². The van der Waals surface area contributed by atoms with Crippen molar-refractivity contribution in [1.29, 1.82) is 0 Å². The molecule has 3 aromatic rings. The molecule has 1 atom stereocenters. The minimum absolute atomic E-state index is 0.229. The average molecular weight is 383 g/mol. The van der Waals surface area contributed by atoms with E-state index >= 15 is 0 Å². The molecule has 0 radical (unpaired) electrons. The van der Waals surface area contributed by atoms with E-state index in [0.29, 0.717) is 16.7 Å². The summed E-state index contributed by atoms with van der Waals surface area (Å²) in [6.07, 6.45) is 8.81. The van der Waals surface area contributed by atoms with Crippen LogP contribution in [-0.2, 0) is 0 Å². The fourth-order valence-electron chi connectivity index (χ4n) is 3.01. The number of aromatic nitrogens is 4. The van der Waals surface area contributed by atoms with Crippen LogP contribution in [0.25, 0.3) is 11.4 Å². The number of nitrogens with zero attached hydrogens (tertiary/aromatic N) is 5. The molecule has 0 spiro atoms. The number of hydrogen-bond acceptors (Lipinski definition) is 7. The molecule has 4 rings (SSSR count). The predicted octanol–water partition coefficient (Wildman–Crippen LogP) is 3.46. The Morgan fingerprint density at radius 1 is 1.04 bits per heavy atom. The molecule has 0 saturated carbocycles. The SMILES string of the molecule is Clc1ccc(NC2CCCN(Oc3ncccc3-c3ncccn3)C2)nc1. The number of hydroxylamine groups is 2. The Morgan fingerprint density at radius 2 is 1.89 bits per heavy atom. The largest absolute Gasteiger partial charge is 0.385 e. The summed E-state index contributed by atoms with van der Waals surface area (Å²) in [5.74, 6) is 1.91. The highest BCUT2D eigenvalue weighted by Crippen LogP contribution is 2.26. The molecule has 1 fully saturated rings. The van der Waals surface area contributed by atoms with E-state index in [9.17, 15) is 0 Å². The Bertz CT molecular complexity index is 877. The Balaban J connectivity index is 1.45. The smallest absolute Gasteiger partial charge is 0.249 e. The van der Waals surface area contributed by atoms with Crippen LogP contribution in [0.5, 0.6) is 5.88 Å². The summed E-state index contributed by atoms with van der Waals surface area (Å²) in [7, 11) is 0. The van der Waals surface area contributed by atoms with E-state index in [1.165, 1.54) is 0 Å². The molecule has 1 unspecified atom stereocenters. The molecular formula is C19H19ClN6O. The second-order valence-corrected chi connectivity index (χ2v) is 6.69. The van der Waals surface area contributed by atoms with Gasteiger partial charge in [0.15, 0.2) is 5.82 Å². The van der Waals surface area contributed by atoms with Crippen LogP contribution < -0.4 is 10.2 Å². The third-order valence-electron chi connectivity index (χ3n) is 4.26. The van der Waals surface area contributed by atoms with Crippen molar-refractivity contribution in [1.82, 2.24) is 25.0 Å². The van der Waals surface area contributed by atoms with Gasteiger partial charge in [0.2, 0.25) is 5.88 Å². The van der Waals surface area contributed by atoms with Gasteiger partial charge >= 0.3 is 0 Å². The number of hydrogen-bond donors (Lipinski definition) is 1. The van der Waals surface area contributed by atoms with E-state index in [0.717, 1.165) is 37.3 Å². The molecule has 0 bridgehead atoms. The van der Waals surface area contributed by atoms with Crippen molar-refractivity contribution >= 4 is 17.4 Å². The van der Waals surface area contributed by atoms with Crippen LogP contribution in [0.2, 0.25) is 5.02 Å². The van der Waals surface area contributed by atoms with E-state index < -0.39 is 0 Å². The summed E-state index contributed by atoms with van der Waals surface area (Å²) < 4.78 is 0. The molecule has 8 heteroatoms. The van der Waals surface area contributed by atoms with Gasteiger partial charge in [0.1, 0.15) is 5.82 Å². The number of nitrogens with one attached hydrogen (secondary N) is 1. The molecule has 27 heavy (non-hydrogen) atoms. The molecule has 1 saturated heterocycles. The van der Waals surface area contributed by atoms with Gasteiger partial charge in [-0.05, 0) is 43.2 Å². The lowest BCUT2D eigenvalue weighted by molar-refractivity contribution is -0.0782. The molecule has 0 aromatic carbocycles. The topological polar surface area (TPSA) is 76.1 Å². The summed E-state index contributed by atoms with van der Waals surface area (Å²) >= 11 is 5.90. The molecule has 3 aromatic heterocycles. The second kappa shape index (κ2) is 8.28. The van der Waals surface area contributed by atoms with E-state index in [4.69, 9.17) is 16.4 Å². The Hall–Kier alpha value is -2.77. The van der Waals surface area contributed by atoms with Gasteiger partial charge in [-0.25, -0.2) is 19.9 Å². The summed E-state index contributed by atoms with van der Waals surface area (Å²) in [4.78, 5) is 23.4. The first-order valence-electron chi connectivity index (χ1n) is 8.81. The second-order valence-electron chi connectivity index (χ2n) is 6.25. The molecule has 7 nitrogen and oxygen atoms in total. The minimum atomic E-state index is 0.229. The molecule has 4 heterocycles. The molecule has 0 aliphatic carbocycles. The van der Waals surface area contributed by atoms with Crippen LogP contribution in [-0.4, -0.2) is 44.1 Å². The highest BCUT2D eigenvalue weighted by molar-refractivity contribution is 6.30. The summed E-state index contributed by atoms with van der Waals surface area (Å²) in [6.45, 7) is 1.55. The summed E-state index contributed by atoms with van der Waals surface area (Å²) in [6, 6.07) is 9.49. The third-order valence-corrected chi connectivity index (χ3v) is 4.48. The highest BCUT2D eigenvalue weighted by Gasteiger charge is 2.23. The molecule has 1 N–H and O–H groups in total. The van der Waals surface area contributed by atoms with Gasteiger partial charge in [-0.2, -0.15) is 0 Å². The predicted molar refractivity (Wildman–Crippen MR) is 103 cm³/mol. The number of pyridine rings is 2. The van der Waals surface area contributed by atoms with Crippen LogP contribution in [0, 0.1) is 0 Å². The van der Waals surface area contributed by atoms with Crippen molar-refractivity contribution in [2.24, 2.45) is 0 Å². The lowest BCUT2D eigenvalue weighted by Crippen LogP contribution is -2.44. The zero-order valence-corrected chi connectivity index (χ0v) is 15.4. The highest BCUT2D eigenvalue weighted by atomic mass is 35.5. The van der Waals surface area contributed by atoms with Gasteiger partial charge in [0, 0.05) is 37.4 Å². The van der Waals surface area contributed by atoms with E-state index in [1.807, 2.05) is 29.3 Å². The third kappa shape index (κ3) is 4.50. The fraction of sp³-hybridized carbons (Fsp3) is 0.263. The van der Waals surface area contributed by atoms with Crippen molar-refractivity contribution in [2.45, 2.75) is 18.9 Å². The van der Waals surface area contributed by atoms with Gasteiger partial charge in [-0.3, -0.25) is 0 Å². The fourth-order valence-corrected chi connectivity index (χ4v) is 3.12. The number of piperidine rings is 1. The lowest BCUT2D eigenvalue weighted by atomic mass is 10.1. The van der Waals surface area contributed by atoms with Crippen LogP contribution in [0.4, 0.5) is 5.82 Å². The molecule has 1 aliphatic rings. The van der Waals surface area contributed by atoms with E-state index in [-0.39, 0.29) is 6.04 Å². The molecule has 0 amide bonds. The standard InChI is InChI=1S/C19H19ClN6O/c20-14-6-7-17(24-12-14)25-15-4-2-11-26(13-15)27-19-16(5-1-8-23-19)18-21-9-3-10-22-18/h1,3,5-10,12,15H,2,4,11,13H2,(H,24,25). The zero-order chi connectivity index (χ0) is 18.5. The van der Waals surface area contributed by atoms with Gasteiger partial charge in [-0.15, -0.1) is 5.06 Å². The monoisotopic (exact) mass is 382 g/mol. The van der Waals surface area contributed by atoms with Gasteiger partial charge in [0.25, 0.3) is 0 Å². The van der Waals surface area contributed by atoms with Gasteiger partial charge in [0.05, 0.1) is 17.1 Å². The zero-order valence-electron chi connectivity index (χ0n) is 14.6. The first kappa shape index (κ1) is 17.6. The summed E-state index contributed by atoms with van der Waals surface area (Å²) in [5, 5.41) is 5.98. The van der Waals surface area contributed by atoms with Gasteiger partial charge < -0.3 is 10.2 Å². The van der Waals surface area contributed by atoms with Crippen molar-refractivity contribution in [3.8, 4) is 17.3 Å². The normalized spacial score (nSPS) is 17.4. The van der Waals surface area contributed by atoms with E-state index in [2.05, 4.69) is 25.3 Å². The van der Waals surface area contributed by atoms with Crippen LogP contribution in [0.1, 0.15) is 12.8 Å². The Morgan fingerprint density at radius 3 is 2.70 bits per heavy atom. The van der Waals surface area contributed by atoms with Crippen molar-refractivity contribution in [2.75, 3.05) is 18.4 Å². The average Bonchev–Trinajstić information content (AvgIpc) is 2.71.